The monoisotopic (exact) mass is 451 g/mol. The first-order chi connectivity index (χ1) is 14.8. The fourth-order valence-electron chi connectivity index (χ4n) is 2.96. The summed E-state index contributed by atoms with van der Waals surface area (Å²) in [7, 11) is 0. The van der Waals surface area contributed by atoms with Gasteiger partial charge in [0, 0.05) is 6.54 Å². The van der Waals surface area contributed by atoms with Gasteiger partial charge in [-0.05, 0) is 89.4 Å². The van der Waals surface area contributed by atoms with Crippen LogP contribution < -0.4 is 10.1 Å². The molecular weight excluding hydrogens is 419 g/mol. The highest BCUT2D eigenvalue weighted by Gasteiger charge is 2.34. The van der Waals surface area contributed by atoms with Gasteiger partial charge < -0.3 is 14.8 Å². The second-order valence-electron chi connectivity index (χ2n) is 9.24. The molecule has 1 N–H and O–H groups in total. The summed E-state index contributed by atoms with van der Waals surface area (Å²) in [5, 5.41) is 3.25. The van der Waals surface area contributed by atoms with E-state index in [9.17, 15) is 18.0 Å². The van der Waals surface area contributed by atoms with Crippen molar-refractivity contribution in [3.05, 3.63) is 65.2 Å². The standard InChI is InChI=1S/C25H32F3NO3/c1-23(2,3)32-22(30)24(4,5)31-21-10-6-8-18(16-21)9-7-15-29-17-19-11-13-20(14-12-19)25(26,27)28/h6,8,10-14,16,29H,7,9,15,17H2,1-5H3. The van der Waals surface area contributed by atoms with Crippen LogP contribution in [0.3, 0.4) is 0 Å². The van der Waals surface area contributed by atoms with Crippen LogP contribution in [0, 0.1) is 0 Å². The molecule has 0 aliphatic carbocycles. The number of ether oxygens (including phenoxy) is 2. The van der Waals surface area contributed by atoms with Gasteiger partial charge in [-0.25, -0.2) is 4.79 Å². The van der Waals surface area contributed by atoms with Crippen LogP contribution in [0.2, 0.25) is 0 Å². The van der Waals surface area contributed by atoms with Crippen LogP contribution in [0.4, 0.5) is 13.2 Å². The van der Waals surface area contributed by atoms with Gasteiger partial charge in [0.1, 0.15) is 11.4 Å². The molecule has 0 fully saturated rings. The highest BCUT2D eigenvalue weighted by atomic mass is 19.4. The molecule has 0 unspecified atom stereocenters. The zero-order chi connectivity index (χ0) is 24.0. The van der Waals surface area contributed by atoms with Crippen LogP contribution in [0.15, 0.2) is 48.5 Å². The van der Waals surface area contributed by atoms with Gasteiger partial charge in [-0.3, -0.25) is 0 Å². The number of alkyl halides is 3. The zero-order valence-corrected chi connectivity index (χ0v) is 19.3. The number of hydrogen-bond donors (Lipinski definition) is 1. The van der Waals surface area contributed by atoms with Crippen molar-refractivity contribution in [2.45, 2.75) is 71.4 Å². The molecule has 0 heterocycles. The lowest BCUT2D eigenvalue weighted by Gasteiger charge is -2.29. The van der Waals surface area contributed by atoms with Gasteiger partial charge in [-0.1, -0.05) is 24.3 Å². The van der Waals surface area contributed by atoms with E-state index >= 15 is 0 Å². The summed E-state index contributed by atoms with van der Waals surface area (Å²) in [5.74, 6) is 0.166. The van der Waals surface area contributed by atoms with Crippen LogP contribution in [-0.2, 0) is 28.7 Å². The van der Waals surface area contributed by atoms with E-state index in [1.54, 1.807) is 19.9 Å². The predicted molar refractivity (Wildman–Crippen MR) is 118 cm³/mol. The van der Waals surface area contributed by atoms with Crippen LogP contribution in [0.1, 0.15) is 57.7 Å². The quantitative estimate of drug-likeness (QED) is 0.379. The Kier molecular flexibility index (Phi) is 8.35. The van der Waals surface area contributed by atoms with Crippen LogP contribution in [-0.4, -0.2) is 23.7 Å². The molecule has 2 aromatic carbocycles. The highest BCUT2D eigenvalue weighted by Crippen LogP contribution is 2.29. The number of hydrogen-bond acceptors (Lipinski definition) is 4. The first-order valence-electron chi connectivity index (χ1n) is 10.6. The first kappa shape index (κ1) is 25.7. The van der Waals surface area contributed by atoms with E-state index < -0.39 is 28.9 Å². The van der Waals surface area contributed by atoms with Crippen molar-refractivity contribution in [1.29, 1.82) is 0 Å². The molecule has 0 radical (unpaired) electrons. The third-order valence-electron chi connectivity index (χ3n) is 4.59. The minimum atomic E-state index is -4.31. The molecule has 2 rings (SSSR count). The summed E-state index contributed by atoms with van der Waals surface area (Å²) in [6, 6.07) is 12.8. The molecule has 176 valence electrons. The highest BCUT2D eigenvalue weighted by molar-refractivity contribution is 5.79. The van der Waals surface area contributed by atoms with Gasteiger partial charge in [0.05, 0.1) is 5.56 Å². The molecule has 0 saturated carbocycles. The SMILES string of the molecule is CC(C)(C)OC(=O)C(C)(C)Oc1cccc(CCCNCc2ccc(C(F)(F)F)cc2)c1. The number of halogens is 3. The number of carbonyl (C=O) groups excluding carboxylic acids is 1. The Labute approximate surface area is 188 Å². The number of rotatable bonds is 9. The number of aryl methyl sites for hydroxylation is 1. The Morgan fingerprint density at radius 2 is 1.59 bits per heavy atom. The maximum Gasteiger partial charge on any atom is 0.416 e. The van der Waals surface area contributed by atoms with E-state index in [0.29, 0.717) is 12.3 Å². The van der Waals surface area contributed by atoms with Gasteiger partial charge in [-0.2, -0.15) is 13.2 Å². The summed E-state index contributed by atoms with van der Waals surface area (Å²) in [4.78, 5) is 12.4. The predicted octanol–water partition coefficient (Wildman–Crippen LogP) is 5.93. The lowest BCUT2D eigenvalue weighted by molar-refractivity contribution is -0.170. The fourth-order valence-corrected chi connectivity index (χ4v) is 2.96. The van der Waals surface area contributed by atoms with E-state index in [2.05, 4.69) is 5.32 Å². The lowest BCUT2D eigenvalue weighted by atomic mass is 10.1. The van der Waals surface area contributed by atoms with Crippen molar-refractivity contribution < 1.29 is 27.4 Å². The van der Waals surface area contributed by atoms with Crippen LogP contribution in [0.25, 0.3) is 0 Å². The molecule has 0 aliphatic rings. The summed E-state index contributed by atoms with van der Waals surface area (Å²) in [6.07, 6.45) is -2.67. The number of carbonyl (C=O) groups is 1. The minimum absolute atomic E-state index is 0.428. The van der Waals surface area contributed by atoms with Crippen molar-refractivity contribution in [2.24, 2.45) is 0 Å². The largest absolute Gasteiger partial charge is 0.476 e. The van der Waals surface area contributed by atoms with Gasteiger partial charge in [0.2, 0.25) is 0 Å². The second-order valence-corrected chi connectivity index (χ2v) is 9.24. The van der Waals surface area contributed by atoms with Gasteiger partial charge in [-0.15, -0.1) is 0 Å². The van der Waals surface area contributed by atoms with Crippen molar-refractivity contribution in [3.8, 4) is 5.75 Å². The summed E-state index contributed by atoms with van der Waals surface area (Å²) in [5.41, 5.74) is -0.475. The molecule has 0 spiro atoms. The smallest absolute Gasteiger partial charge is 0.416 e. The molecule has 2 aromatic rings. The normalized spacial score (nSPS) is 12.5. The molecule has 0 bridgehead atoms. The molecule has 4 nitrogen and oxygen atoms in total. The van der Waals surface area contributed by atoms with E-state index in [0.717, 1.165) is 42.6 Å². The lowest BCUT2D eigenvalue weighted by Crippen LogP contribution is -2.43. The maximum atomic E-state index is 12.6. The molecule has 0 amide bonds. The fraction of sp³-hybridized carbons (Fsp3) is 0.480. The van der Waals surface area contributed by atoms with Gasteiger partial charge >= 0.3 is 12.1 Å². The van der Waals surface area contributed by atoms with Crippen molar-refractivity contribution >= 4 is 5.97 Å². The second kappa shape index (κ2) is 10.4. The van der Waals surface area contributed by atoms with Gasteiger partial charge in [0.25, 0.3) is 0 Å². The summed E-state index contributed by atoms with van der Waals surface area (Å²) < 4.78 is 49.2. The summed E-state index contributed by atoms with van der Waals surface area (Å²) >= 11 is 0. The molecule has 0 saturated heterocycles. The Morgan fingerprint density at radius 1 is 0.938 bits per heavy atom. The topological polar surface area (TPSA) is 47.6 Å². The maximum absolute atomic E-state index is 12.6. The number of benzene rings is 2. The third-order valence-corrected chi connectivity index (χ3v) is 4.59. The van der Waals surface area contributed by atoms with Crippen molar-refractivity contribution in [3.63, 3.8) is 0 Å². The average Bonchev–Trinajstić information content (AvgIpc) is 2.66. The van der Waals surface area contributed by atoms with Crippen LogP contribution in [0.5, 0.6) is 5.75 Å². The number of nitrogens with one attached hydrogen (secondary N) is 1. The molecule has 7 heteroatoms. The minimum Gasteiger partial charge on any atom is -0.476 e. The molecule has 0 aromatic heterocycles. The van der Waals surface area contributed by atoms with Crippen LogP contribution >= 0.6 is 0 Å². The van der Waals surface area contributed by atoms with Gasteiger partial charge in [0.15, 0.2) is 5.60 Å². The molecular formula is C25H32F3NO3. The Bertz CT molecular complexity index is 885. The molecule has 0 atom stereocenters. The van der Waals surface area contributed by atoms with E-state index in [4.69, 9.17) is 9.47 Å². The third kappa shape index (κ3) is 8.54. The zero-order valence-electron chi connectivity index (χ0n) is 19.3. The van der Waals surface area contributed by atoms with E-state index in [1.807, 2.05) is 39.0 Å². The summed E-state index contributed by atoms with van der Waals surface area (Å²) in [6.45, 7) is 10.0. The Balaban J connectivity index is 1.80. The average molecular weight is 452 g/mol. The van der Waals surface area contributed by atoms with Crippen molar-refractivity contribution in [2.75, 3.05) is 6.54 Å². The van der Waals surface area contributed by atoms with E-state index in [-0.39, 0.29) is 0 Å². The Morgan fingerprint density at radius 3 is 2.19 bits per heavy atom. The number of esters is 1. The molecule has 0 aliphatic heterocycles. The van der Waals surface area contributed by atoms with Crippen molar-refractivity contribution in [1.82, 2.24) is 5.32 Å². The first-order valence-corrected chi connectivity index (χ1v) is 10.6. The van der Waals surface area contributed by atoms with E-state index in [1.165, 1.54) is 12.1 Å². The Hall–Kier alpha value is -2.54. The molecule has 32 heavy (non-hydrogen) atoms.